The van der Waals surface area contributed by atoms with Gasteiger partial charge in [-0.3, -0.25) is 0 Å². The van der Waals surface area contributed by atoms with E-state index in [0.29, 0.717) is 5.69 Å². The Morgan fingerprint density at radius 2 is 1.86 bits per heavy atom. The van der Waals surface area contributed by atoms with E-state index in [9.17, 15) is 8.42 Å². The van der Waals surface area contributed by atoms with Crippen molar-refractivity contribution in [3.05, 3.63) is 30.3 Å². The molecular formula is C9H13NO3S. The molecule has 1 aromatic carbocycles. The Balaban J connectivity index is 3.02. The van der Waals surface area contributed by atoms with Gasteiger partial charge in [0.15, 0.2) is 0 Å². The number of nitrogens with zero attached hydrogens (tertiary/aromatic N) is 1. The number of sulfonamides is 1. The van der Waals surface area contributed by atoms with Gasteiger partial charge in [0.05, 0.1) is 11.9 Å². The van der Waals surface area contributed by atoms with Crippen LogP contribution in [0.3, 0.4) is 0 Å². The van der Waals surface area contributed by atoms with Gasteiger partial charge >= 0.3 is 0 Å². The molecule has 0 saturated carbocycles. The second kappa shape index (κ2) is 4.43. The molecule has 0 aliphatic heterocycles. The summed E-state index contributed by atoms with van der Waals surface area (Å²) in [4.78, 5) is 0. The molecule has 4 nitrogen and oxygen atoms in total. The van der Waals surface area contributed by atoms with Crippen molar-refractivity contribution < 1.29 is 13.2 Å². The van der Waals surface area contributed by atoms with Crippen LogP contribution in [-0.4, -0.2) is 28.5 Å². The molecule has 0 aromatic heterocycles. The number of hydrogen-bond donors (Lipinski definition) is 0. The Morgan fingerprint density at radius 3 is 2.29 bits per heavy atom. The molecule has 0 spiro atoms. The average Bonchev–Trinajstić information content (AvgIpc) is 2.14. The smallest absolute Gasteiger partial charge is 0.234 e. The summed E-state index contributed by atoms with van der Waals surface area (Å²) >= 11 is 0. The molecule has 0 saturated heterocycles. The maximum Gasteiger partial charge on any atom is 0.234 e. The molecule has 14 heavy (non-hydrogen) atoms. The highest BCUT2D eigenvalue weighted by atomic mass is 32.2. The fourth-order valence-electron chi connectivity index (χ4n) is 1.07. The zero-order chi connectivity index (χ0) is 10.6. The predicted octanol–water partition coefficient (Wildman–Crippen LogP) is 1.06. The Morgan fingerprint density at radius 1 is 1.29 bits per heavy atom. The topological polar surface area (TPSA) is 46.6 Å². The van der Waals surface area contributed by atoms with Crippen molar-refractivity contribution in [2.24, 2.45) is 0 Å². The predicted molar refractivity (Wildman–Crippen MR) is 55.6 cm³/mol. The van der Waals surface area contributed by atoms with Crippen LogP contribution in [-0.2, 0) is 14.8 Å². The van der Waals surface area contributed by atoms with Crippen molar-refractivity contribution in [3.8, 4) is 0 Å². The molecule has 0 unspecified atom stereocenters. The Labute approximate surface area is 84.2 Å². The number of benzene rings is 1. The van der Waals surface area contributed by atoms with Crippen LogP contribution in [0, 0.1) is 0 Å². The molecule has 1 aromatic rings. The molecule has 0 amide bonds. The summed E-state index contributed by atoms with van der Waals surface area (Å²) in [6.07, 6.45) is 1.15. The molecule has 5 heteroatoms. The standard InChI is InChI=1S/C9H13NO3S/c1-13-8-10(14(2,11)12)9-6-4-3-5-7-9/h3-7H,8H2,1-2H3. The van der Waals surface area contributed by atoms with Crippen LogP contribution in [0.2, 0.25) is 0 Å². The van der Waals surface area contributed by atoms with Crippen molar-refractivity contribution in [1.29, 1.82) is 0 Å². The third-order valence-corrected chi connectivity index (χ3v) is 2.81. The van der Waals surface area contributed by atoms with Gasteiger partial charge in [-0.15, -0.1) is 0 Å². The molecule has 0 aliphatic carbocycles. The normalized spacial score (nSPS) is 11.3. The third-order valence-electron chi connectivity index (χ3n) is 1.69. The van der Waals surface area contributed by atoms with Gasteiger partial charge in [0.1, 0.15) is 6.73 Å². The van der Waals surface area contributed by atoms with E-state index in [4.69, 9.17) is 4.74 Å². The first-order chi connectivity index (χ1) is 6.55. The molecule has 0 heterocycles. The Kier molecular flexibility index (Phi) is 3.49. The zero-order valence-electron chi connectivity index (χ0n) is 8.17. The summed E-state index contributed by atoms with van der Waals surface area (Å²) in [5.41, 5.74) is 0.608. The minimum atomic E-state index is -3.27. The fraction of sp³-hybridized carbons (Fsp3) is 0.333. The van der Waals surface area contributed by atoms with Crippen LogP contribution in [0.15, 0.2) is 30.3 Å². The second-order valence-electron chi connectivity index (χ2n) is 2.86. The molecule has 1 rings (SSSR count). The van der Waals surface area contributed by atoms with Crippen LogP contribution in [0.1, 0.15) is 0 Å². The van der Waals surface area contributed by atoms with Gasteiger partial charge in [-0.05, 0) is 12.1 Å². The zero-order valence-corrected chi connectivity index (χ0v) is 8.99. The minimum Gasteiger partial charge on any atom is -0.363 e. The van der Waals surface area contributed by atoms with Gasteiger partial charge in [-0.25, -0.2) is 12.7 Å². The summed E-state index contributed by atoms with van der Waals surface area (Å²) in [7, 11) is -1.81. The van der Waals surface area contributed by atoms with Crippen molar-refractivity contribution in [2.45, 2.75) is 0 Å². The summed E-state index contributed by atoms with van der Waals surface area (Å²) in [6.45, 7) is 0.0306. The van der Waals surface area contributed by atoms with Gasteiger partial charge < -0.3 is 4.74 Å². The summed E-state index contributed by atoms with van der Waals surface area (Å²) in [5, 5.41) is 0. The number of methoxy groups -OCH3 is 1. The Hall–Kier alpha value is -1.07. The molecule has 0 atom stereocenters. The second-order valence-corrected chi connectivity index (χ2v) is 4.77. The first-order valence-corrected chi connectivity index (χ1v) is 5.92. The lowest BCUT2D eigenvalue weighted by atomic mass is 10.3. The Bertz CT molecular complexity index is 374. The lowest BCUT2D eigenvalue weighted by Gasteiger charge is -2.20. The van der Waals surface area contributed by atoms with Crippen molar-refractivity contribution >= 4 is 15.7 Å². The van der Waals surface area contributed by atoms with Crippen LogP contribution in [0.4, 0.5) is 5.69 Å². The van der Waals surface area contributed by atoms with Crippen LogP contribution >= 0.6 is 0 Å². The highest BCUT2D eigenvalue weighted by Gasteiger charge is 2.15. The lowest BCUT2D eigenvalue weighted by Crippen LogP contribution is -2.31. The van der Waals surface area contributed by atoms with Gasteiger partial charge in [-0.2, -0.15) is 0 Å². The molecule has 78 valence electrons. The van der Waals surface area contributed by atoms with Crippen molar-refractivity contribution in [1.82, 2.24) is 0 Å². The van der Waals surface area contributed by atoms with E-state index in [1.165, 1.54) is 11.4 Å². The molecule has 0 radical (unpaired) electrons. The van der Waals surface area contributed by atoms with Gasteiger partial charge in [-0.1, -0.05) is 18.2 Å². The van der Waals surface area contributed by atoms with E-state index in [-0.39, 0.29) is 6.73 Å². The third kappa shape index (κ3) is 2.71. The van der Waals surface area contributed by atoms with E-state index < -0.39 is 10.0 Å². The monoisotopic (exact) mass is 215 g/mol. The molecular weight excluding hydrogens is 202 g/mol. The van der Waals surface area contributed by atoms with Crippen molar-refractivity contribution in [2.75, 3.05) is 24.4 Å². The molecule has 0 fully saturated rings. The summed E-state index contributed by atoms with van der Waals surface area (Å²) in [5.74, 6) is 0. The summed E-state index contributed by atoms with van der Waals surface area (Å²) < 4.78 is 28.8. The van der Waals surface area contributed by atoms with E-state index in [2.05, 4.69) is 0 Å². The highest BCUT2D eigenvalue weighted by molar-refractivity contribution is 7.92. The van der Waals surface area contributed by atoms with Gasteiger partial charge in [0.2, 0.25) is 10.0 Å². The quantitative estimate of drug-likeness (QED) is 0.705. The number of hydrogen-bond acceptors (Lipinski definition) is 3. The number of anilines is 1. The highest BCUT2D eigenvalue weighted by Crippen LogP contribution is 2.15. The number of para-hydroxylation sites is 1. The minimum absolute atomic E-state index is 0.0306. The van der Waals surface area contributed by atoms with Crippen LogP contribution < -0.4 is 4.31 Å². The molecule has 0 N–H and O–H groups in total. The van der Waals surface area contributed by atoms with Crippen LogP contribution in [0.5, 0.6) is 0 Å². The summed E-state index contributed by atoms with van der Waals surface area (Å²) in [6, 6.07) is 8.84. The van der Waals surface area contributed by atoms with E-state index >= 15 is 0 Å². The number of rotatable bonds is 4. The van der Waals surface area contributed by atoms with E-state index in [1.54, 1.807) is 24.3 Å². The largest absolute Gasteiger partial charge is 0.363 e. The first kappa shape index (κ1) is 11.0. The van der Waals surface area contributed by atoms with Crippen molar-refractivity contribution in [3.63, 3.8) is 0 Å². The fourth-order valence-corrected chi connectivity index (χ4v) is 1.87. The SMILES string of the molecule is COCN(c1ccccc1)S(C)(=O)=O. The number of ether oxygens (including phenoxy) is 1. The van der Waals surface area contributed by atoms with E-state index in [0.717, 1.165) is 6.26 Å². The molecule has 0 aliphatic rings. The van der Waals surface area contributed by atoms with Gasteiger partial charge in [0.25, 0.3) is 0 Å². The first-order valence-electron chi connectivity index (χ1n) is 4.07. The maximum absolute atomic E-state index is 11.4. The van der Waals surface area contributed by atoms with Crippen LogP contribution in [0.25, 0.3) is 0 Å². The van der Waals surface area contributed by atoms with E-state index in [1.807, 2.05) is 6.07 Å². The molecule has 0 bridgehead atoms. The van der Waals surface area contributed by atoms with Gasteiger partial charge in [0, 0.05) is 7.11 Å². The lowest BCUT2D eigenvalue weighted by molar-refractivity contribution is 0.210. The average molecular weight is 215 g/mol. The maximum atomic E-state index is 11.4.